The van der Waals surface area contributed by atoms with Gasteiger partial charge in [0.1, 0.15) is 5.82 Å². The van der Waals surface area contributed by atoms with Gasteiger partial charge in [0.15, 0.2) is 0 Å². The summed E-state index contributed by atoms with van der Waals surface area (Å²) in [6.45, 7) is 7.79. The number of imidazole rings is 1. The second-order valence-electron chi connectivity index (χ2n) is 6.31. The third-order valence-corrected chi connectivity index (χ3v) is 4.35. The van der Waals surface area contributed by atoms with Crippen molar-refractivity contribution in [2.24, 2.45) is 7.05 Å². The maximum absolute atomic E-state index is 14.3. The highest BCUT2D eigenvalue weighted by atomic mass is 19.1. The molecule has 0 spiro atoms. The number of aryl methyl sites for hydroxylation is 1. The SMILES string of the molecule is Cn1cnc2cc(B3OC(C)(C)C(C)(C)O3)c(F)cc21. The van der Waals surface area contributed by atoms with E-state index < -0.39 is 18.3 Å². The Hall–Kier alpha value is -1.40. The van der Waals surface area contributed by atoms with Crippen molar-refractivity contribution in [1.29, 1.82) is 0 Å². The normalized spacial score (nSPS) is 20.8. The van der Waals surface area contributed by atoms with E-state index in [9.17, 15) is 4.39 Å². The van der Waals surface area contributed by atoms with Crippen molar-refractivity contribution in [3.63, 3.8) is 0 Å². The average Bonchev–Trinajstić information content (AvgIpc) is 2.77. The van der Waals surface area contributed by atoms with Crippen molar-refractivity contribution in [3.8, 4) is 0 Å². The van der Waals surface area contributed by atoms with E-state index in [1.165, 1.54) is 6.07 Å². The summed E-state index contributed by atoms with van der Waals surface area (Å²) in [5.41, 5.74) is 0.919. The summed E-state index contributed by atoms with van der Waals surface area (Å²) in [7, 11) is 1.13. The highest BCUT2D eigenvalue weighted by Gasteiger charge is 2.52. The molecule has 0 unspecified atom stereocenters. The smallest absolute Gasteiger partial charge is 0.399 e. The Labute approximate surface area is 118 Å². The standard InChI is InChI=1S/C14H18BFN2O2/c1-13(2)14(3,4)20-15(19-13)9-6-11-12(7-10(9)16)18(5)8-17-11/h6-8H,1-5H3. The zero-order valence-corrected chi connectivity index (χ0v) is 12.4. The van der Waals surface area contributed by atoms with Gasteiger partial charge in [0.25, 0.3) is 0 Å². The summed E-state index contributed by atoms with van der Waals surface area (Å²) in [4.78, 5) is 4.25. The van der Waals surface area contributed by atoms with E-state index >= 15 is 0 Å². The van der Waals surface area contributed by atoms with Gasteiger partial charge in [-0.1, -0.05) is 0 Å². The van der Waals surface area contributed by atoms with Crippen molar-refractivity contribution >= 4 is 23.6 Å². The fourth-order valence-electron chi connectivity index (χ4n) is 2.32. The van der Waals surface area contributed by atoms with Crippen molar-refractivity contribution in [2.45, 2.75) is 38.9 Å². The minimum absolute atomic E-state index is 0.334. The minimum Gasteiger partial charge on any atom is -0.399 e. The number of halogens is 1. The highest BCUT2D eigenvalue weighted by Crippen LogP contribution is 2.36. The van der Waals surface area contributed by atoms with Crippen LogP contribution in [0.2, 0.25) is 0 Å². The van der Waals surface area contributed by atoms with Crippen LogP contribution in [0.5, 0.6) is 0 Å². The second kappa shape index (κ2) is 4.05. The largest absolute Gasteiger partial charge is 0.497 e. The molecule has 2 aromatic rings. The van der Waals surface area contributed by atoms with E-state index in [-0.39, 0.29) is 5.82 Å². The molecular weight excluding hydrogens is 258 g/mol. The molecule has 1 aromatic carbocycles. The number of rotatable bonds is 1. The van der Waals surface area contributed by atoms with Crippen LogP contribution in [0.15, 0.2) is 18.5 Å². The van der Waals surface area contributed by atoms with Crippen LogP contribution in [0.25, 0.3) is 11.0 Å². The molecule has 1 aromatic heterocycles. The van der Waals surface area contributed by atoms with Gasteiger partial charge in [0.2, 0.25) is 0 Å². The van der Waals surface area contributed by atoms with Gasteiger partial charge >= 0.3 is 7.12 Å². The van der Waals surface area contributed by atoms with Gasteiger partial charge in [0, 0.05) is 12.5 Å². The van der Waals surface area contributed by atoms with Gasteiger partial charge in [-0.15, -0.1) is 0 Å². The number of fused-ring (bicyclic) bond motifs is 1. The number of aromatic nitrogens is 2. The first-order valence-electron chi connectivity index (χ1n) is 6.67. The lowest BCUT2D eigenvalue weighted by molar-refractivity contribution is 0.00578. The monoisotopic (exact) mass is 276 g/mol. The maximum atomic E-state index is 14.3. The zero-order valence-electron chi connectivity index (χ0n) is 12.4. The summed E-state index contributed by atoms with van der Waals surface area (Å²) in [6, 6.07) is 3.18. The van der Waals surface area contributed by atoms with Crippen molar-refractivity contribution in [3.05, 3.63) is 24.3 Å². The molecule has 0 radical (unpaired) electrons. The third kappa shape index (κ3) is 1.86. The molecule has 0 N–H and O–H groups in total. The summed E-state index contributed by atoms with van der Waals surface area (Å²) >= 11 is 0. The molecule has 0 bridgehead atoms. The van der Waals surface area contributed by atoms with Gasteiger partial charge in [-0.3, -0.25) is 0 Å². The third-order valence-electron chi connectivity index (χ3n) is 4.35. The lowest BCUT2D eigenvalue weighted by Crippen LogP contribution is -2.41. The average molecular weight is 276 g/mol. The molecule has 2 heterocycles. The highest BCUT2D eigenvalue weighted by molar-refractivity contribution is 6.62. The molecule has 6 heteroatoms. The first kappa shape index (κ1) is 13.6. The molecule has 1 fully saturated rings. The first-order valence-corrected chi connectivity index (χ1v) is 6.67. The minimum atomic E-state index is -0.702. The maximum Gasteiger partial charge on any atom is 0.497 e. The Bertz CT molecular complexity index is 665. The Balaban J connectivity index is 2.05. The molecule has 0 amide bonds. The molecule has 3 rings (SSSR count). The fraction of sp³-hybridized carbons (Fsp3) is 0.500. The van der Waals surface area contributed by atoms with Crippen LogP contribution in [-0.2, 0) is 16.4 Å². The van der Waals surface area contributed by atoms with Crippen molar-refractivity contribution in [1.82, 2.24) is 9.55 Å². The molecule has 4 nitrogen and oxygen atoms in total. The molecule has 1 saturated heterocycles. The van der Waals surface area contributed by atoms with Gasteiger partial charge in [-0.05, 0) is 39.8 Å². The number of hydrogen-bond donors (Lipinski definition) is 0. The first-order chi connectivity index (χ1) is 9.21. The number of hydrogen-bond acceptors (Lipinski definition) is 3. The van der Waals surface area contributed by atoms with E-state index in [1.54, 1.807) is 17.0 Å². The fourth-order valence-corrected chi connectivity index (χ4v) is 2.32. The number of nitrogens with zero attached hydrogens (tertiary/aromatic N) is 2. The molecule has 1 aliphatic heterocycles. The lowest BCUT2D eigenvalue weighted by Gasteiger charge is -2.32. The molecular formula is C14H18BFN2O2. The Morgan fingerprint density at radius 2 is 1.75 bits per heavy atom. The van der Waals surface area contributed by atoms with Crippen LogP contribution in [0, 0.1) is 5.82 Å². The molecule has 0 atom stereocenters. The molecule has 0 saturated carbocycles. The second-order valence-corrected chi connectivity index (χ2v) is 6.31. The predicted octanol–water partition coefficient (Wildman–Crippen LogP) is 2.01. The predicted molar refractivity (Wildman–Crippen MR) is 76.4 cm³/mol. The Morgan fingerprint density at radius 1 is 1.15 bits per heavy atom. The van der Waals surface area contributed by atoms with E-state index in [0.717, 1.165) is 11.0 Å². The van der Waals surface area contributed by atoms with Crippen LogP contribution in [0.3, 0.4) is 0 Å². The van der Waals surface area contributed by atoms with Crippen molar-refractivity contribution in [2.75, 3.05) is 0 Å². The van der Waals surface area contributed by atoms with Gasteiger partial charge < -0.3 is 13.9 Å². The Morgan fingerprint density at radius 3 is 2.35 bits per heavy atom. The van der Waals surface area contributed by atoms with E-state index in [0.29, 0.717) is 5.46 Å². The van der Waals surface area contributed by atoms with Gasteiger partial charge in [-0.25, -0.2) is 9.37 Å². The lowest BCUT2D eigenvalue weighted by atomic mass is 9.78. The summed E-state index contributed by atoms with van der Waals surface area (Å²) in [5, 5.41) is 0. The summed E-state index contributed by atoms with van der Waals surface area (Å²) in [5.74, 6) is -0.334. The van der Waals surface area contributed by atoms with Crippen molar-refractivity contribution < 1.29 is 13.7 Å². The quantitative estimate of drug-likeness (QED) is 0.747. The van der Waals surface area contributed by atoms with E-state index in [1.807, 2.05) is 34.7 Å². The van der Waals surface area contributed by atoms with Crippen LogP contribution in [0.1, 0.15) is 27.7 Å². The topological polar surface area (TPSA) is 36.3 Å². The van der Waals surface area contributed by atoms with Crippen LogP contribution in [-0.4, -0.2) is 27.9 Å². The molecule has 0 aliphatic carbocycles. The Kier molecular flexibility index (Phi) is 2.75. The molecule has 106 valence electrons. The molecule has 1 aliphatic rings. The van der Waals surface area contributed by atoms with Gasteiger partial charge in [0.05, 0.1) is 28.6 Å². The van der Waals surface area contributed by atoms with Crippen LogP contribution >= 0.6 is 0 Å². The summed E-state index contributed by atoms with van der Waals surface area (Å²) < 4.78 is 27.9. The van der Waals surface area contributed by atoms with E-state index in [2.05, 4.69) is 4.98 Å². The van der Waals surface area contributed by atoms with Gasteiger partial charge in [-0.2, -0.15) is 0 Å². The van der Waals surface area contributed by atoms with E-state index in [4.69, 9.17) is 9.31 Å². The zero-order chi connectivity index (χ0) is 14.7. The number of benzene rings is 1. The summed E-state index contributed by atoms with van der Waals surface area (Å²) in [6.07, 6.45) is 1.66. The van der Waals surface area contributed by atoms with Crippen LogP contribution < -0.4 is 5.46 Å². The van der Waals surface area contributed by atoms with Crippen LogP contribution in [0.4, 0.5) is 4.39 Å². The molecule has 20 heavy (non-hydrogen) atoms.